The van der Waals surface area contributed by atoms with Crippen LogP contribution in [0.1, 0.15) is 32.1 Å². The third-order valence-electron chi connectivity index (χ3n) is 3.26. The number of amides is 1. The number of nitrogens with two attached hydrogens (primary N) is 1. The fourth-order valence-corrected chi connectivity index (χ4v) is 2.46. The summed E-state index contributed by atoms with van der Waals surface area (Å²) in [5.41, 5.74) is 6.05. The van der Waals surface area contributed by atoms with Crippen molar-refractivity contribution in [3.05, 3.63) is 12.2 Å². The summed E-state index contributed by atoms with van der Waals surface area (Å²) in [6.07, 6.45) is 9.20. The highest BCUT2D eigenvalue weighted by molar-refractivity contribution is 5.88. The fraction of sp³-hybridized carbons (Fsp3) is 0.727. The van der Waals surface area contributed by atoms with Crippen molar-refractivity contribution < 1.29 is 4.79 Å². The third kappa shape index (κ3) is 1.82. The van der Waals surface area contributed by atoms with Gasteiger partial charge in [-0.05, 0) is 25.3 Å². The van der Waals surface area contributed by atoms with Crippen molar-refractivity contribution in [1.29, 1.82) is 0 Å². The van der Waals surface area contributed by atoms with E-state index in [-0.39, 0.29) is 11.9 Å². The van der Waals surface area contributed by atoms with E-state index in [2.05, 4.69) is 0 Å². The highest BCUT2D eigenvalue weighted by atomic mass is 16.2. The molecule has 0 aromatic rings. The number of hydrogen-bond donors (Lipinski definition) is 1. The van der Waals surface area contributed by atoms with Gasteiger partial charge in [0, 0.05) is 18.6 Å². The minimum atomic E-state index is 0.151. The summed E-state index contributed by atoms with van der Waals surface area (Å²) in [6.45, 7) is 0.855. The second-order valence-electron chi connectivity index (χ2n) is 4.24. The molecule has 0 spiro atoms. The van der Waals surface area contributed by atoms with Crippen molar-refractivity contribution in [2.75, 3.05) is 6.54 Å². The van der Waals surface area contributed by atoms with Gasteiger partial charge < -0.3 is 10.6 Å². The number of carbonyl (C=O) groups excluding carboxylic acids is 1. The van der Waals surface area contributed by atoms with Gasteiger partial charge in [-0.3, -0.25) is 4.79 Å². The van der Waals surface area contributed by atoms with Gasteiger partial charge >= 0.3 is 0 Å². The standard InChI is InChI=1S/C11H18N2O/c12-9-5-1-2-6-10(9)13-8-4-3-7-11(13)14/h3,7,9-10H,1-2,4-6,8,12H2/t9-,10-/m1/s1. The summed E-state index contributed by atoms with van der Waals surface area (Å²) >= 11 is 0. The maximum absolute atomic E-state index is 11.6. The van der Waals surface area contributed by atoms with E-state index in [4.69, 9.17) is 5.73 Å². The van der Waals surface area contributed by atoms with E-state index in [9.17, 15) is 4.79 Å². The monoisotopic (exact) mass is 194 g/mol. The summed E-state index contributed by atoms with van der Waals surface area (Å²) in [7, 11) is 0. The molecule has 2 aliphatic rings. The lowest BCUT2D eigenvalue weighted by Gasteiger charge is -2.38. The molecular weight excluding hydrogens is 176 g/mol. The van der Waals surface area contributed by atoms with E-state index >= 15 is 0 Å². The van der Waals surface area contributed by atoms with Crippen molar-refractivity contribution in [3.63, 3.8) is 0 Å². The summed E-state index contributed by atoms with van der Waals surface area (Å²) in [4.78, 5) is 13.6. The smallest absolute Gasteiger partial charge is 0.246 e. The normalized spacial score (nSPS) is 33.5. The molecule has 2 rings (SSSR count). The van der Waals surface area contributed by atoms with Crippen LogP contribution in [0.2, 0.25) is 0 Å². The molecule has 0 radical (unpaired) electrons. The van der Waals surface area contributed by atoms with Gasteiger partial charge in [-0.15, -0.1) is 0 Å². The third-order valence-corrected chi connectivity index (χ3v) is 3.26. The zero-order valence-electron chi connectivity index (χ0n) is 8.48. The Balaban J connectivity index is 2.05. The van der Waals surface area contributed by atoms with Gasteiger partial charge in [0.15, 0.2) is 0 Å². The Hall–Kier alpha value is -0.830. The predicted octanol–water partition coefficient (Wildman–Crippen LogP) is 1.04. The van der Waals surface area contributed by atoms with E-state index in [0.717, 1.165) is 25.8 Å². The van der Waals surface area contributed by atoms with Crippen LogP contribution in [0.5, 0.6) is 0 Å². The van der Waals surface area contributed by atoms with Gasteiger partial charge in [-0.25, -0.2) is 0 Å². The molecule has 2 N–H and O–H groups in total. The number of hydrogen-bond acceptors (Lipinski definition) is 2. The first-order valence-electron chi connectivity index (χ1n) is 5.52. The average Bonchev–Trinajstić information content (AvgIpc) is 2.20. The number of rotatable bonds is 1. The molecule has 78 valence electrons. The zero-order valence-corrected chi connectivity index (χ0v) is 8.48. The van der Waals surface area contributed by atoms with Gasteiger partial charge in [0.2, 0.25) is 5.91 Å². The van der Waals surface area contributed by atoms with Gasteiger partial charge in [0.25, 0.3) is 0 Å². The highest BCUT2D eigenvalue weighted by Crippen LogP contribution is 2.23. The molecule has 3 heteroatoms. The Morgan fingerprint density at radius 3 is 2.86 bits per heavy atom. The van der Waals surface area contributed by atoms with Gasteiger partial charge in [0.05, 0.1) is 0 Å². The highest BCUT2D eigenvalue weighted by Gasteiger charge is 2.30. The zero-order chi connectivity index (χ0) is 9.97. The fourth-order valence-electron chi connectivity index (χ4n) is 2.46. The lowest BCUT2D eigenvalue weighted by Crippen LogP contribution is -2.52. The molecular formula is C11H18N2O. The first-order valence-corrected chi connectivity index (χ1v) is 5.52. The molecule has 3 nitrogen and oxygen atoms in total. The lowest BCUT2D eigenvalue weighted by molar-refractivity contribution is -0.129. The summed E-state index contributed by atoms with van der Waals surface area (Å²) < 4.78 is 0. The Bertz CT molecular complexity index is 250. The van der Waals surface area contributed by atoms with E-state index < -0.39 is 0 Å². The van der Waals surface area contributed by atoms with Gasteiger partial charge in [0.1, 0.15) is 0 Å². The van der Waals surface area contributed by atoms with Crippen LogP contribution >= 0.6 is 0 Å². The van der Waals surface area contributed by atoms with Crippen molar-refractivity contribution in [2.24, 2.45) is 5.73 Å². The van der Waals surface area contributed by atoms with Crippen molar-refractivity contribution in [2.45, 2.75) is 44.2 Å². The Kier molecular flexibility index (Phi) is 2.87. The minimum absolute atomic E-state index is 0.151. The lowest BCUT2D eigenvalue weighted by atomic mass is 9.89. The van der Waals surface area contributed by atoms with Crippen molar-refractivity contribution in [1.82, 2.24) is 4.90 Å². The number of carbonyl (C=O) groups is 1. The Morgan fingerprint density at radius 2 is 2.14 bits per heavy atom. The van der Waals surface area contributed by atoms with Crippen LogP contribution in [0.4, 0.5) is 0 Å². The maximum Gasteiger partial charge on any atom is 0.246 e. The molecule has 0 aromatic carbocycles. The first kappa shape index (κ1) is 9.71. The van der Waals surface area contributed by atoms with E-state index in [0.29, 0.717) is 6.04 Å². The first-order chi connectivity index (χ1) is 6.79. The Labute approximate surface area is 84.9 Å². The van der Waals surface area contributed by atoms with E-state index in [1.807, 2.05) is 11.0 Å². The molecule has 2 atom stereocenters. The van der Waals surface area contributed by atoms with E-state index in [1.165, 1.54) is 12.8 Å². The van der Waals surface area contributed by atoms with Crippen LogP contribution in [0.25, 0.3) is 0 Å². The van der Waals surface area contributed by atoms with Gasteiger partial charge in [-0.2, -0.15) is 0 Å². The van der Waals surface area contributed by atoms with Crippen LogP contribution in [-0.4, -0.2) is 29.4 Å². The second-order valence-corrected chi connectivity index (χ2v) is 4.24. The van der Waals surface area contributed by atoms with Crippen LogP contribution in [-0.2, 0) is 4.79 Å². The van der Waals surface area contributed by atoms with Crippen LogP contribution in [0.15, 0.2) is 12.2 Å². The minimum Gasteiger partial charge on any atom is -0.334 e. The van der Waals surface area contributed by atoms with Crippen molar-refractivity contribution >= 4 is 5.91 Å². The SMILES string of the molecule is N[C@@H]1CCCC[C@H]1N1CCC=CC1=O. The molecule has 0 unspecified atom stereocenters. The molecule has 0 bridgehead atoms. The summed E-state index contributed by atoms with van der Waals surface area (Å²) in [5.74, 6) is 0.151. The molecule has 1 saturated carbocycles. The Morgan fingerprint density at radius 1 is 1.36 bits per heavy atom. The quantitative estimate of drug-likeness (QED) is 0.678. The van der Waals surface area contributed by atoms with Crippen LogP contribution < -0.4 is 5.73 Å². The number of nitrogens with zero attached hydrogens (tertiary/aromatic N) is 1. The molecule has 1 aliphatic heterocycles. The maximum atomic E-state index is 11.6. The largest absolute Gasteiger partial charge is 0.334 e. The molecule has 1 fully saturated rings. The van der Waals surface area contributed by atoms with Crippen LogP contribution in [0.3, 0.4) is 0 Å². The van der Waals surface area contributed by atoms with E-state index in [1.54, 1.807) is 6.08 Å². The molecule has 1 amide bonds. The molecule has 14 heavy (non-hydrogen) atoms. The molecule has 0 saturated heterocycles. The molecule has 0 aromatic heterocycles. The van der Waals surface area contributed by atoms with Crippen molar-refractivity contribution in [3.8, 4) is 0 Å². The topological polar surface area (TPSA) is 46.3 Å². The molecule has 1 aliphatic carbocycles. The summed E-state index contributed by atoms with van der Waals surface area (Å²) in [5, 5.41) is 0. The van der Waals surface area contributed by atoms with Crippen LogP contribution in [0, 0.1) is 0 Å². The predicted molar refractivity (Wildman–Crippen MR) is 55.7 cm³/mol. The summed E-state index contributed by atoms with van der Waals surface area (Å²) in [6, 6.07) is 0.486. The average molecular weight is 194 g/mol. The second kappa shape index (κ2) is 4.13. The molecule has 1 heterocycles. The van der Waals surface area contributed by atoms with Gasteiger partial charge in [-0.1, -0.05) is 18.9 Å².